The van der Waals surface area contributed by atoms with E-state index >= 15 is 0 Å². The highest BCUT2D eigenvalue weighted by molar-refractivity contribution is 4.97. The van der Waals surface area contributed by atoms with Gasteiger partial charge in [0.05, 0.1) is 215 Å². The van der Waals surface area contributed by atoms with Gasteiger partial charge in [0, 0.05) is 0 Å². The van der Waals surface area contributed by atoms with Gasteiger partial charge >= 0.3 is 0 Å². The molecule has 4 aromatic rings. The molecule has 0 amide bonds. The second-order valence-electron chi connectivity index (χ2n) is 24.1. The van der Waals surface area contributed by atoms with Crippen molar-refractivity contribution in [2.24, 2.45) is 5.41 Å². The first-order chi connectivity index (χ1) is 48.8. The molecule has 44 nitrogen and oxygen atoms in total. The third-order valence-electron chi connectivity index (χ3n) is 16.3. The first kappa shape index (κ1) is 81.9. The Hall–Kier alpha value is -4.72. The minimum absolute atomic E-state index is 0.0397. The first-order valence-electron chi connectivity index (χ1n) is 32.7. The van der Waals surface area contributed by atoms with Crippen LogP contribution in [0.1, 0.15) is 22.8 Å². The van der Waals surface area contributed by atoms with Crippen molar-refractivity contribution in [2.75, 3.05) is 132 Å². The third-order valence-corrected chi connectivity index (χ3v) is 16.3. The highest BCUT2D eigenvalue weighted by atomic mass is 16.7. The first-order valence-corrected chi connectivity index (χ1v) is 32.7. The molecule has 4 aromatic heterocycles. The van der Waals surface area contributed by atoms with Crippen LogP contribution in [0.3, 0.4) is 0 Å². The Balaban J connectivity index is 0.821. The molecule has 0 spiro atoms. The predicted molar refractivity (Wildman–Crippen MR) is 323 cm³/mol. The van der Waals surface area contributed by atoms with Crippen LogP contribution in [0.2, 0.25) is 0 Å². The van der Waals surface area contributed by atoms with E-state index in [1.807, 2.05) is 0 Å². The van der Waals surface area contributed by atoms with E-state index < -0.39 is 155 Å². The lowest BCUT2D eigenvalue weighted by atomic mass is 9.92. The van der Waals surface area contributed by atoms with E-state index in [0.29, 0.717) is 22.8 Å². The molecule has 44 heteroatoms. The molecule has 0 radical (unpaired) electrons. The minimum atomic E-state index is -1.61. The van der Waals surface area contributed by atoms with Gasteiger partial charge in [-0.25, -0.2) is 18.7 Å². The smallest absolute Gasteiger partial charge is 0.187 e. The molecule has 101 heavy (non-hydrogen) atoms. The van der Waals surface area contributed by atoms with E-state index in [1.54, 1.807) is 24.8 Å². The zero-order valence-electron chi connectivity index (χ0n) is 55.2. The van der Waals surface area contributed by atoms with Crippen molar-refractivity contribution in [2.45, 2.75) is 175 Å². The number of rotatable bonds is 48. The summed E-state index contributed by atoms with van der Waals surface area (Å²) in [6, 6.07) is 0. The van der Waals surface area contributed by atoms with E-state index in [9.17, 15) is 81.7 Å². The quantitative estimate of drug-likeness (QED) is 0.0183. The lowest BCUT2D eigenvalue weighted by Gasteiger charge is -2.39. The summed E-state index contributed by atoms with van der Waals surface area (Å²) < 4.78 is 98.3. The van der Waals surface area contributed by atoms with Crippen LogP contribution >= 0.6 is 0 Å². The number of aromatic nitrogens is 12. The zero-order chi connectivity index (χ0) is 72.3. The van der Waals surface area contributed by atoms with E-state index in [2.05, 4.69) is 41.2 Å². The molecule has 4 fully saturated rings. The van der Waals surface area contributed by atoms with Crippen molar-refractivity contribution in [1.29, 1.82) is 0 Å². The largest absolute Gasteiger partial charge is 0.394 e. The van der Waals surface area contributed by atoms with Crippen LogP contribution in [0.5, 0.6) is 0 Å². The summed E-state index contributed by atoms with van der Waals surface area (Å²) in [4.78, 5) is 0. The Morgan fingerprint density at radius 1 is 0.287 bits per heavy atom. The van der Waals surface area contributed by atoms with Gasteiger partial charge in [0.25, 0.3) is 0 Å². The summed E-state index contributed by atoms with van der Waals surface area (Å²) in [5.74, 6) is 0. The average molecular weight is 1460 g/mol. The lowest BCUT2D eigenvalue weighted by Crippen LogP contribution is -2.59. The van der Waals surface area contributed by atoms with E-state index in [0.717, 1.165) is 0 Å². The molecule has 16 N–H and O–H groups in total. The highest BCUT2D eigenvalue weighted by Crippen LogP contribution is 2.28. The number of aliphatic hydroxyl groups excluding tert-OH is 16. The number of hydrogen-bond acceptors (Lipinski definition) is 40. The van der Waals surface area contributed by atoms with E-state index in [4.69, 9.17) is 75.8 Å². The maximum absolute atomic E-state index is 10.3. The number of nitrogens with zero attached hydrogens (tertiary/aromatic N) is 12. The highest BCUT2D eigenvalue weighted by Gasteiger charge is 2.48. The average Bonchev–Trinajstić information content (AvgIpc) is 1.09. The fourth-order valence-corrected chi connectivity index (χ4v) is 10.5. The fourth-order valence-electron chi connectivity index (χ4n) is 10.5. The molecule has 0 saturated carbocycles. The van der Waals surface area contributed by atoms with Gasteiger partial charge in [-0.15, -0.1) is 20.4 Å². The standard InChI is InChI=1S/C57H96N12O32/c70-21-37-41(74)45(78)49(82)53(98-37)94-25-33-17-66(62-58-33)1-5-86-9-13-90-29-57(30-91-14-10-87-6-2-67-18-34(59-63-67)26-95-54-50(83)46(79)42(75)38(22-71)99-54,31-92-15-11-88-7-3-68-19-35(60-64-68)27-96-55-51(84)47(80)43(76)39(23-72)100-55)32-93-16-12-89-8-4-69-20-36(61-65-69)28-97-56-52(85)48(81)44(77)40(24-73)101-56/h17-20,37-56,70-85H,1-16,21-32H2/t37-,38-,39-,40-,41-,42-,43-,44-,45+,46+,47+,48+,49-,50-,51+,52+,53+,54+,55+,56+/m1/s1. The van der Waals surface area contributed by atoms with Crippen LogP contribution in [-0.4, -0.2) is 397 Å². The van der Waals surface area contributed by atoms with Gasteiger partial charge in [0.15, 0.2) is 25.2 Å². The Morgan fingerprint density at radius 3 is 0.703 bits per heavy atom. The summed E-state index contributed by atoms with van der Waals surface area (Å²) in [7, 11) is 0. The monoisotopic (exact) mass is 1460 g/mol. The molecule has 8 rings (SSSR count). The predicted octanol–water partition coefficient (Wildman–Crippen LogP) is -11.5. The number of ether oxygens (including phenoxy) is 16. The molecule has 8 heterocycles. The summed E-state index contributed by atoms with van der Waals surface area (Å²) in [5.41, 5.74) is 0.458. The number of hydrogen-bond donors (Lipinski definition) is 16. The molecular formula is C57H96N12O32. The van der Waals surface area contributed by atoms with Crippen molar-refractivity contribution in [3.8, 4) is 0 Å². The van der Waals surface area contributed by atoms with Crippen LogP contribution in [0, 0.1) is 5.41 Å². The summed E-state index contributed by atoms with van der Waals surface area (Å²) in [6.07, 6.45) is -22.6. The second kappa shape index (κ2) is 42.4. The third kappa shape index (κ3) is 24.7. The minimum Gasteiger partial charge on any atom is -0.394 e. The van der Waals surface area contributed by atoms with Crippen molar-refractivity contribution in [3.63, 3.8) is 0 Å². The molecule has 0 aliphatic carbocycles. The summed E-state index contributed by atoms with van der Waals surface area (Å²) in [6.45, 7) is -0.122. The van der Waals surface area contributed by atoms with Crippen LogP contribution < -0.4 is 0 Å². The lowest BCUT2D eigenvalue weighted by molar-refractivity contribution is -0.304. The van der Waals surface area contributed by atoms with Gasteiger partial charge < -0.3 is 157 Å². The van der Waals surface area contributed by atoms with Gasteiger partial charge in [0.1, 0.15) is 120 Å². The maximum atomic E-state index is 10.3. The summed E-state index contributed by atoms with van der Waals surface area (Å²) >= 11 is 0. The topological polar surface area (TPSA) is 594 Å². The molecule has 4 saturated heterocycles. The normalized spacial score (nSPS) is 30.4. The molecule has 4 aliphatic rings. The molecule has 0 unspecified atom stereocenters. The van der Waals surface area contributed by atoms with Crippen molar-refractivity contribution in [1.82, 2.24) is 60.0 Å². The van der Waals surface area contributed by atoms with Gasteiger partial charge in [-0.05, 0) is 0 Å². The Kier molecular flexibility index (Phi) is 34.4. The Morgan fingerprint density at radius 2 is 0.495 bits per heavy atom. The zero-order valence-corrected chi connectivity index (χ0v) is 55.2. The SMILES string of the molecule is OC[C@H]1O[C@H](OCc2cn(CCOCCOCC(COCCOCCn3cc(CO[C@H]4O[C@H](CO)[C@@H](O)[C@H](O)[C@@H]4O)nn3)(COCCOCCn3cc(CO[C@H]4O[C@H](CO)[C@@H](O)[C@H](O)[C@H]4O)nn3)COCCOCCn3cc(CO[C@H]4O[C@H](CO)[C@@H](O)[C@H](O)[C@H]4O)nn3)nn2)[C@@H](O)[C@@H](O)[C@@H]1O. The van der Waals surface area contributed by atoms with Gasteiger partial charge in [0.2, 0.25) is 0 Å². The summed E-state index contributed by atoms with van der Waals surface area (Å²) in [5, 5.41) is 193. The Bertz CT molecular complexity index is 2510. The second-order valence-corrected chi connectivity index (χ2v) is 24.1. The van der Waals surface area contributed by atoms with Gasteiger partial charge in [-0.2, -0.15) is 0 Å². The number of aliphatic hydroxyl groups is 16. The Labute approximate surface area is 576 Å². The van der Waals surface area contributed by atoms with Crippen LogP contribution in [-0.2, 0) is 128 Å². The van der Waals surface area contributed by atoms with Crippen molar-refractivity contribution in [3.05, 3.63) is 47.6 Å². The molecule has 576 valence electrons. The van der Waals surface area contributed by atoms with Crippen molar-refractivity contribution < 1.29 is 157 Å². The van der Waals surface area contributed by atoms with Crippen LogP contribution in [0.4, 0.5) is 0 Å². The molecule has 20 atom stereocenters. The van der Waals surface area contributed by atoms with Gasteiger partial charge in [-0.1, -0.05) is 20.9 Å². The van der Waals surface area contributed by atoms with E-state index in [-0.39, 0.29) is 158 Å². The molecule has 0 bridgehead atoms. The van der Waals surface area contributed by atoms with Crippen molar-refractivity contribution >= 4 is 0 Å². The van der Waals surface area contributed by atoms with E-state index in [1.165, 1.54) is 18.7 Å². The molecular weight excluding hydrogens is 1360 g/mol. The van der Waals surface area contributed by atoms with Crippen LogP contribution in [0.25, 0.3) is 0 Å². The molecule has 0 aromatic carbocycles. The van der Waals surface area contributed by atoms with Crippen LogP contribution in [0.15, 0.2) is 24.8 Å². The van der Waals surface area contributed by atoms with Gasteiger partial charge in [-0.3, -0.25) is 0 Å². The maximum Gasteiger partial charge on any atom is 0.187 e. The molecule has 4 aliphatic heterocycles. The fraction of sp³-hybridized carbons (Fsp3) is 0.860.